The van der Waals surface area contributed by atoms with Crippen molar-refractivity contribution >= 4 is 35.0 Å². The van der Waals surface area contributed by atoms with Crippen LogP contribution in [-0.4, -0.2) is 76.5 Å². The third-order valence-electron chi connectivity index (χ3n) is 7.82. The van der Waals surface area contributed by atoms with E-state index in [1.54, 1.807) is 24.3 Å². The maximum Gasteiger partial charge on any atom is 0.306 e. The lowest BCUT2D eigenvalue weighted by atomic mass is 9.95. The summed E-state index contributed by atoms with van der Waals surface area (Å²) in [6, 6.07) is 9.03. The number of thiazole rings is 1. The van der Waals surface area contributed by atoms with E-state index in [0.717, 1.165) is 31.4 Å². The van der Waals surface area contributed by atoms with E-state index in [9.17, 15) is 29.4 Å². The Labute approximate surface area is 284 Å². The van der Waals surface area contributed by atoms with E-state index in [1.165, 1.54) is 11.3 Å². The number of nitrogens with one attached hydrogen (secondary N) is 2. The van der Waals surface area contributed by atoms with Gasteiger partial charge in [-0.3, -0.25) is 19.2 Å². The maximum atomic E-state index is 13.0. The molecule has 2 aromatic rings. The van der Waals surface area contributed by atoms with Crippen LogP contribution in [0, 0.1) is 17.8 Å². The number of benzene rings is 1. The van der Waals surface area contributed by atoms with Crippen LogP contribution < -0.4 is 16.4 Å². The van der Waals surface area contributed by atoms with Gasteiger partial charge in [0, 0.05) is 43.8 Å². The molecule has 11 nitrogen and oxygen atoms in total. The van der Waals surface area contributed by atoms with E-state index in [4.69, 9.17) is 5.73 Å². The highest BCUT2D eigenvalue weighted by Crippen LogP contribution is 2.27. The molecule has 2 rings (SSSR count). The first-order valence-corrected chi connectivity index (χ1v) is 17.4. The number of hydrogen-bond donors (Lipinski definition) is 5. The Kier molecular flexibility index (Phi) is 19.7. The van der Waals surface area contributed by atoms with E-state index in [1.807, 2.05) is 65.1 Å². The SMILES string of the molecule is CC(C)CC(=O)N(C)C(CC(O)c1nc(C(=O)NC(Cc2ccccc2)CC(C)C(=O)O)cs1)C(C)C.CNCCCCCC(N)=O. The molecular formula is C35H57N5O6S. The van der Waals surface area contributed by atoms with E-state index >= 15 is 0 Å². The Morgan fingerprint density at radius 2 is 1.66 bits per heavy atom. The van der Waals surface area contributed by atoms with Gasteiger partial charge < -0.3 is 31.5 Å². The van der Waals surface area contributed by atoms with Gasteiger partial charge in [-0.2, -0.15) is 0 Å². The van der Waals surface area contributed by atoms with Crippen LogP contribution in [-0.2, 0) is 20.8 Å². The van der Waals surface area contributed by atoms with E-state index in [0.29, 0.717) is 30.7 Å². The summed E-state index contributed by atoms with van der Waals surface area (Å²) >= 11 is 1.20. The zero-order valence-corrected chi connectivity index (χ0v) is 30.0. The summed E-state index contributed by atoms with van der Waals surface area (Å²) in [5, 5.41) is 28.3. The minimum atomic E-state index is -0.916. The normalized spacial score (nSPS) is 13.7. The van der Waals surface area contributed by atoms with E-state index in [-0.39, 0.29) is 47.8 Å². The summed E-state index contributed by atoms with van der Waals surface area (Å²) in [4.78, 5) is 53.4. The first-order chi connectivity index (χ1) is 22.2. The van der Waals surface area contributed by atoms with Crippen LogP contribution in [0.1, 0.15) is 107 Å². The quantitative estimate of drug-likeness (QED) is 0.124. The number of carbonyl (C=O) groups is 4. The highest BCUT2D eigenvalue weighted by Gasteiger charge is 2.28. The predicted molar refractivity (Wildman–Crippen MR) is 187 cm³/mol. The van der Waals surface area contributed by atoms with Crippen molar-refractivity contribution in [1.82, 2.24) is 20.5 Å². The number of carboxylic acids is 1. The summed E-state index contributed by atoms with van der Waals surface area (Å²) in [7, 11) is 3.70. The molecule has 0 fully saturated rings. The molecule has 1 aromatic heterocycles. The average Bonchev–Trinajstić information content (AvgIpc) is 3.50. The van der Waals surface area contributed by atoms with Crippen LogP contribution in [0.4, 0.5) is 0 Å². The summed E-state index contributed by atoms with van der Waals surface area (Å²) in [5.74, 6) is -1.71. The molecule has 4 unspecified atom stereocenters. The fourth-order valence-corrected chi connectivity index (χ4v) is 5.88. The van der Waals surface area contributed by atoms with Crippen molar-refractivity contribution in [3.05, 3.63) is 52.0 Å². The highest BCUT2D eigenvalue weighted by molar-refractivity contribution is 7.09. The number of unbranched alkanes of at least 4 members (excludes halogenated alkanes) is 2. The summed E-state index contributed by atoms with van der Waals surface area (Å²) in [6.07, 6.45) is 4.30. The fourth-order valence-electron chi connectivity index (χ4n) is 5.09. The van der Waals surface area contributed by atoms with Crippen molar-refractivity contribution < 1.29 is 29.4 Å². The van der Waals surface area contributed by atoms with Gasteiger partial charge in [0.1, 0.15) is 16.8 Å². The van der Waals surface area contributed by atoms with Gasteiger partial charge in [-0.1, -0.05) is 71.4 Å². The van der Waals surface area contributed by atoms with Crippen LogP contribution in [0.15, 0.2) is 35.7 Å². The Morgan fingerprint density at radius 1 is 1.00 bits per heavy atom. The zero-order chi connectivity index (χ0) is 35.5. The minimum Gasteiger partial charge on any atom is -0.481 e. The number of aromatic nitrogens is 1. The van der Waals surface area contributed by atoms with Crippen LogP contribution in [0.2, 0.25) is 0 Å². The summed E-state index contributed by atoms with van der Waals surface area (Å²) < 4.78 is 0. The smallest absolute Gasteiger partial charge is 0.306 e. The molecule has 0 aliphatic heterocycles. The Morgan fingerprint density at radius 3 is 2.21 bits per heavy atom. The van der Waals surface area contributed by atoms with E-state index < -0.39 is 23.9 Å². The van der Waals surface area contributed by atoms with Gasteiger partial charge in [-0.15, -0.1) is 11.3 Å². The van der Waals surface area contributed by atoms with Crippen molar-refractivity contribution in [3.8, 4) is 0 Å². The number of nitrogens with two attached hydrogens (primary N) is 1. The van der Waals surface area contributed by atoms with Gasteiger partial charge in [0.25, 0.3) is 5.91 Å². The fraction of sp³-hybridized carbons (Fsp3) is 0.629. The average molecular weight is 676 g/mol. The summed E-state index contributed by atoms with van der Waals surface area (Å²) in [6.45, 7) is 10.7. The number of aliphatic hydroxyl groups is 1. The van der Waals surface area contributed by atoms with Crippen molar-refractivity contribution in [2.75, 3.05) is 20.6 Å². The Hall–Kier alpha value is -3.35. The van der Waals surface area contributed by atoms with Crippen molar-refractivity contribution in [2.45, 2.75) is 104 Å². The van der Waals surface area contributed by atoms with Gasteiger partial charge in [0.05, 0.1) is 5.92 Å². The first kappa shape index (κ1) is 41.7. The molecular weight excluding hydrogens is 618 g/mol. The number of nitrogens with zero attached hydrogens (tertiary/aromatic N) is 2. The molecule has 0 aliphatic carbocycles. The molecule has 264 valence electrons. The summed E-state index contributed by atoms with van der Waals surface area (Å²) in [5.41, 5.74) is 6.13. The second-order valence-corrected chi connectivity index (χ2v) is 13.8. The molecule has 6 N–H and O–H groups in total. The predicted octanol–water partition coefficient (Wildman–Crippen LogP) is 4.80. The maximum absolute atomic E-state index is 13.0. The zero-order valence-electron chi connectivity index (χ0n) is 29.2. The number of carboxylic acid groups (broad SMARTS) is 1. The van der Waals surface area contributed by atoms with E-state index in [2.05, 4.69) is 15.6 Å². The van der Waals surface area contributed by atoms with Gasteiger partial charge in [0.15, 0.2) is 0 Å². The standard InChI is InChI=1S/C28H41N3O5S.C7H16N2O/c1-17(2)12-25(33)31(6)23(18(3)4)15-24(32)27-30-22(16-37-27)26(34)29-21(13-19(5)28(35)36)14-20-10-8-7-9-11-20;1-9-6-4-2-3-5-7(8)10/h7-11,16-19,21,23-24,32H,12-15H2,1-6H3,(H,29,34)(H,35,36);9H,2-6H2,1H3,(H2,8,10). The molecule has 12 heteroatoms. The molecule has 0 saturated heterocycles. The third-order valence-corrected chi connectivity index (χ3v) is 8.76. The monoisotopic (exact) mass is 675 g/mol. The lowest BCUT2D eigenvalue weighted by Crippen LogP contribution is -2.41. The second-order valence-electron chi connectivity index (χ2n) is 13.0. The van der Waals surface area contributed by atoms with Crippen LogP contribution in [0.5, 0.6) is 0 Å². The van der Waals surface area contributed by atoms with Crippen LogP contribution in [0.25, 0.3) is 0 Å². The molecule has 47 heavy (non-hydrogen) atoms. The largest absolute Gasteiger partial charge is 0.481 e. The first-order valence-electron chi connectivity index (χ1n) is 16.6. The van der Waals surface area contributed by atoms with Gasteiger partial charge in [-0.25, -0.2) is 4.98 Å². The number of aliphatic carboxylic acids is 1. The number of rotatable bonds is 20. The third kappa shape index (κ3) is 16.9. The molecule has 4 atom stereocenters. The molecule has 1 aromatic carbocycles. The van der Waals surface area contributed by atoms with Crippen molar-refractivity contribution in [2.24, 2.45) is 23.5 Å². The Balaban J connectivity index is 0.000000950. The molecule has 0 radical (unpaired) electrons. The van der Waals surface area contributed by atoms with Crippen molar-refractivity contribution in [3.63, 3.8) is 0 Å². The number of primary amides is 1. The topological polar surface area (TPSA) is 175 Å². The Bertz CT molecular complexity index is 1220. The number of amides is 3. The highest BCUT2D eigenvalue weighted by atomic mass is 32.1. The molecule has 0 bridgehead atoms. The molecule has 0 saturated carbocycles. The number of aliphatic hydroxyl groups excluding tert-OH is 1. The van der Waals surface area contributed by atoms with Crippen LogP contribution in [0.3, 0.4) is 0 Å². The molecule has 0 aliphatic rings. The number of carbonyl (C=O) groups excluding carboxylic acids is 3. The molecule has 0 spiro atoms. The van der Waals surface area contributed by atoms with Gasteiger partial charge in [-0.05, 0) is 56.7 Å². The minimum absolute atomic E-state index is 0.0418. The van der Waals surface area contributed by atoms with Crippen molar-refractivity contribution in [1.29, 1.82) is 0 Å². The molecule has 1 heterocycles. The second kappa shape index (κ2) is 22.3. The number of hydrogen-bond acceptors (Lipinski definition) is 8. The van der Waals surface area contributed by atoms with Gasteiger partial charge in [0.2, 0.25) is 11.8 Å². The lowest BCUT2D eigenvalue weighted by Gasteiger charge is -2.33. The lowest BCUT2D eigenvalue weighted by molar-refractivity contribution is -0.141. The van der Waals surface area contributed by atoms with Gasteiger partial charge >= 0.3 is 5.97 Å². The van der Waals surface area contributed by atoms with Crippen LogP contribution >= 0.6 is 11.3 Å². The molecule has 3 amide bonds.